The van der Waals surface area contributed by atoms with Crippen LogP contribution in [-0.4, -0.2) is 68.2 Å². The summed E-state index contributed by atoms with van der Waals surface area (Å²) < 4.78 is 5.45. The number of morpholine rings is 1. The fourth-order valence-electron chi connectivity index (χ4n) is 3.10. The lowest BCUT2D eigenvalue weighted by atomic mass is 10.0. The van der Waals surface area contributed by atoms with Gasteiger partial charge in [-0.05, 0) is 51.5 Å². The highest BCUT2D eigenvalue weighted by atomic mass is 35.5. The third-order valence-corrected chi connectivity index (χ3v) is 5.09. The largest absolute Gasteiger partial charge is 0.379 e. The Balaban J connectivity index is 1.74. The van der Waals surface area contributed by atoms with Crippen molar-refractivity contribution in [1.29, 1.82) is 0 Å². The van der Waals surface area contributed by atoms with Gasteiger partial charge in [-0.25, -0.2) is 0 Å². The number of anilines is 1. The van der Waals surface area contributed by atoms with Crippen molar-refractivity contribution < 1.29 is 9.53 Å². The highest BCUT2D eigenvalue weighted by Gasteiger charge is 2.28. The van der Waals surface area contributed by atoms with Gasteiger partial charge in [0.25, 0.3) is 0 Å². The zero-order chi connectivity index (χ0) is 21.1. The minimum Gasteiger partial charge on any atom is -0.379 e. The third kappa shape index (κ3) is 8.60. The number of ether oxygens (including phenoxy) is 1. The molecule has 1 aromatic rings. The number of nitrogens with one attached hydrogen (secondary N) is 3. The lowest BCUT2D eigenvalue weighted by Gasteiger charge is -2.39. The number of hydrogen-bond donors (Lipinski definition) is 3. The molecule has 0 saturated carbocycles. The van der Waals surface area contributed by atoms with E-state index in [2.05, 4.69) is 34.7 Å². The van der Waals surface area contributed by atoms with Gasteiger partial charge in [0.1, 0.15) is 0 Å². The first-order chi connectivity index (χ1) is 13.9. The van der Waals surface area contributed by atoms with Crippen molar-refractivity contribution >= 4 is 29.2 Å². The van der Waals surface area contributed by atoms with Gasteiger partial charge in [0.15, 0.2) is 5.96 Å². The maximum absolute atomic E-state index is 12.1. The second kappa shape index (κ2) is 12.0. The first kappa shape index (κ1) is 23.4. The molecule has 0 unspecified atom stereocenters. The summed E-state index contributed by atoms with van der Waals surface area (Å²) in [6.45, 7) is 12.1. The molecule has 0 bridgehead atoms. The van der Waals surface area contributed by atoms with Gasteiger partial charge in [0, 0.05) is 48.8 Å². The average Bonchev–Trinajstić information content (AvgIpc) is 2.71. The molecule has 0 aliphatic carbocycles. The van der Waals surface area contributed by atoms with Crippen molar-refractivity contribution in [1.82, 2.24) is 15.5 Å². The van der Waals surface area contributed by atoms with Crippen LogP contribution in [0.1, 0.15) is 33.6 Å². The molecule has 1 fully saturated rings. The minimum atomic E-state index is -0.0232. The molecular weight excluding hydrogens is 390 g/mol. The zero-order valence-electron chi connectivity index (χ0n) is 17.8. The van der Waals surface area contributed by atoms with Crippen molar-refractivity contribution in [2.75, 3.05) is 51.3 Å². The normalized spacial score (nSPS) is 15.8. The second-order valence-electron chi connectivity index (χ2n) is 7.69. The van der Waals surface area contributed by atoms with E-state index in [9.17, 15) is 4.79 Å². The number of hydrogen-bond acceptors (Lipinski definition) is 4. The van der Waals surface area contributed by atoms with Gasteiger partial charge in [-0.3, -0.25) is 14.7 Å². The summed E-state index contributed by atoms with van der Waals surface area (Å²) >= 11 is 5.86. The van der Waals surface area contributed by atoms with Gasteiger partial charge in [-0.2, -0.15) is 0 Å². The van der Waals surface area contributed by atoms with Crippen molar-refractivity contribution in [2.24, 2.45) is 4.99 Å². The molecule has 8 heteroatoms. The van der Waals surface area contributed by atoms with Gasteiger partial charge in [-0.15, -0.1) is 0 Å². The molecule has 0 atom stereocenters. The van der Waals surface area contributed by atoms with Gasteiger partial charge in [-0.1, -0.05) is 11.6 Å². The number of halogens is 1. The Bertz CT molecular complexity index is 658. The SMILES string of the molecule is CCNC(=NCC(C)(C)N1CCOCC1)NCCCC(=O)Nc1ccc(Cl)cc1. The molecule has 0 spiro atoms. The topological polar surface area (TPSA) is 78.0 Å². The molecule has 162 valence electrons. The Morgan fingerprint density at radius 1 is 1.21 bits per heavy atom. The van der Waals surface area contributed by atoms with E-state index in [-0.39, 0.29) is 11.4 Å². The van der Waals surface area contributed by atoms with Crippen LogP contribution in [0.2, 0.25) is 5.02 Å². The molecule has 1 amide bonds. The van der Waals surface area contributed by atoms with Gasteiger partial charge in [0.2, 0.25) is 5.91 Å². The molecular formula is C21H34ClN5O2. The third-order valence-electron chi connectivity index (χ3n) is 4.84. The summed E-state index contributed by atoms with van der Waals surface area (Å²) in [6.07, 6.45) is 1.16. The summed E-state index contributed by atoms with van der Waals surface area (Å²) in [5.41, 5.74) is 0.734. The fraction of sp³-hybridized carbons (Fsp3) is 0.619. The molecule has 29 heavy (non-hydrogen) atoms. The highest BCUT2D eigenvalue weighted by Crippen LogP contribution is 2.16. The summed E-state index contributed by atoms with van der Waals surface area (Å²) in [7, 11) is 0. The lowest BCUT2D eigenvalue weighted by Crippen LogP contribution is -2.52. The molecule has 2 rings (SSSR count). The van der Waals surface area contributed by atoms with E-state index in [0.717, 1.165) is 50.9 Å². The molecule has 1 aliphatic rings. The summed E-state index contributed by atoms with van der Waals surface area (Å²) in [5, 5.41) is 10.1. The van der Waals surface area contributed by atoms with Crippen molar-refractivity contribution in [3.05, 3.63) is 29.3 Å². The smallest absolute Gasteiger partial charge is 0.224 e. The molecule has 0 aromatic heterocycles. The van der Waals surface area contributed by atoms with Crippen molar-refractivity contribution in [2.45, 2.75) is 39.2 Å². The first-order valence-corrected chi connectivity index (χ1v) is 10.7. The molecule has 1 aliphatic heterocycles. The molecule has 1 saturated heterocycles. The average molecular weight is 424 g/mol. The van der Waals surface area contributed by atoms with Crippen LogP contribution in [0.5, 0.6) is 0 Å². The van der Waals surface area contributed by atoms with E-state index in [0.29, 0.717) is 24.5 Å². The molecule has 0 radical (unpaired) electrons. The van der Waals surface area contributed by atoms with Crippen LogP contribution in [0.25, 0.3) is 0 Å². The molecule has 1 heterocycles. The summed E-state index contributed by atoms with van der Waals surface area (Å²) in [4.78, 5) is 19.2. The predicted molar refractivity (Wildman–Crippen MR) is 120 cm³/mol. The highest BCUT2D eigenvalue weighted by molar-refractivity contribution is 6.30. The van der Waals surface area contributed by atoms with E-state index in [4.69, 9.17) is 21.3 Å². The van der Waals surface area contributed by atoms with Crippen LogP contribution in [0.4, 0.5) is 5.69 Å². The number of nitrogens with zero attached hydrogens (tertiary/aromatic N) is 2. The van der Waals surface area contributed by atoms with E-state index >= 15 is 0 Å². The van der Waals surface area contributed by atoms with Crippen molar-refractivity contribution in [3.63, 3.8) is 0 Å². The fourth-order valence-corrected chi connectivity index (χ4v) is 3.22. The molecule has 7 nitrogen and oxygen atoms in total. The Morgan fingerprint density at radius 2 is 1.90 bits per heavy atom. The first-order valence-electron chi connectivity index (χ1n) is 10.3. The van der Waals surface area contributed by atoms with Gasteiger partial charge < -0.3 is 20.7 Å². The monoisotopic (exact) mass is 423 g/mol. The van der Waals surface area contributed by atoms with Gasteiger partial charge >= 0.3 is 0 Å². The second-order valence-corrected chi connectivity index (χ2v) is 8.13. The molecule has 1 aromatic carbocycles. The van der Waals surface area contributed by atoms with E-state index < -0.39 is 0 Å². The standard InChI is InChI=1S/C21H34ClN5O2/c1-4-23-20(25-16-21(2,3)27-12-14-29-15-13-27)24-11-5-6-19(28)26-18-9-7-17(22)8-10-18/h7-10H,4-6,11-16H2,1-3H3,(H,26,28)(H2,23,24,25). The number of amides is 1. The van der Waals surface area contributed by atoms with Crippen LogP contribution in [0.3, 0.4) is 0 Å². The number of carbonyl (C=O) groups excluding carboxylic acids is 1. The van der Waals surface area contributed by atoms with Crippen molar-refractivity contribution in [3.8, 4) is 0 Å². The van der Waals surface area contributed by atoms with Crippen LogP contribution in [-0.2, 0) is 9.53 Å². The lowest BCUT2D eigenvalue weighted by molar-refractivity contribution is -0.116. The number of guanidine groups is 1. The Hall–Kier alpha value is -1.83. The Morgan fingerprint density at radius 3 is 2.55 bits per heavy atom. The summed E-state index contributed by atoms with van der Waals surface area (Å²) in [6, 6.07) is 7.11. The van der Waals surface area contributed by atoms with Crippen LogP contribution >= 0.6 is 11.6 Å². The van der Waals surface area contributed by atoms with Crippen LogP contribution < -0.4 is 16.0 Å². The maximum atomic E-state index is 12.1. The quantitative estimate of drug-likeness (QED) is 0.323. The number of carbonyl (C=O) groups is 1. The minimum absolute atomic E-state index is 0.00971. The number of rotatable bonds is 9. The zero-order valence-corrected chi connectivity index (χ0v) is 18.5. The maximum Gasteiger partial charge on any atom is 0.224 e. The summed E-state index contributed by atoms with van der Waals surface area (Å²) in [5.74, 6) is 0.774. The Labute approximate surface area is 179 Å². The predicted octanol–water partition coefficient (Wildman–Crippen LogP) is 2.72. The van der Waals surface area contributed by atoms with E-state index in [1.807, 2.05) is 6.92 Å². The van der Waals surface area contributed by atoms with Gasteiger partial charge in [0.05, 0.1) is 19.8 Å². The van der Waals surface area contributed by atoms with Crippen LogP contribution in [0.15, 0.2) is 29.3 Å². The van der Waals surface area contributed by atoms with E-state index in [1.165, 1.54) is 0 Å². The van der Waals surface area contributed by atoms with Crippen LogP contribution in [0, 0.1) is 0 Å². The Kier molecular flexibility index (Phi) is 9.70. The number of benzene rings is 1. The van der Waals surface area contributed by atoms with E-state index in [1.54, 1.807) is 24.3 Å². The number of aliphatic imine (C=N–C) groups is 1. The molecule has 3 N–H and O–H groups in total.